The van der Waals surface area contributed by atoms with Gasteiger partial charge in [-0.15, -0.1) is 0 Å². The molecular weight excluding hydrogens is 298 g/mol. The topological polar surface area (TPSA) is 38.3 Å². The van der Waals surface area contributed by atoms with Crippen LogP contribution < -0.4 is 5.32 Å². The van der Waals surface area contributed by atoms with Crippen molar-refractivity contribution < 1.29 is 9.53 Å². The Morgan fingerprint density at radius 2 is 1.92 bits per heavy atom. The summed E-state index contributed by atoms with van der Waals surface area (Å²) in [5, 5.41) is 3.23. The van der Waals surface area contributed by atoms with Crippen molar-refractivity contribution in [1.82, 2.24) is 5.32 Å². The van der Waals surface area contributed by atoms with Crippen LogP contribution in [0, 0.1) is 28.6 Å². The molecule has 6 atom stereocenters. The van der Waals surface area contributed by atoms with E-state index < -0.39 is 0 Å². The fraction of sp³-hybridized carbons (Fsp3) is 0.857. The van der Waals surface area contributed by atoms with Crippen molar-refractivity contribution in [3.05, 3.63) is 11.8 Å². The molecule has 0 radical (unpaired) electrons. The summed E-state index contributed by atoms with van der Waals surface area (Å²) in [6.45, 7) is 4.96. The van der Waals surface area contributed by atoms with Crippen LogP contribution in [-0.4, -0.2) is 18.1 Å². The molecule has 24 heavy (non-hydrogen) atoms. The molecule has 1 saturated heterocycles. The summed E-state index contributed by atoms with van der Waals surface area (Å²) >= 11 is 0. The fourth-order valence-corrected chi connectivity index (χ4v) is 6.70. The second-order valence-corrected chi connectivity index (χ2v) is 9.72. The molecule has 0 bridgehead atoms. The van der Waals surface area contributed by atoms with Crippen molar-refractivity contribution in [2.75, 3.05) is 0 Å². The molecular formula is C21H31NO2. The second kappa shape index (κ2) is 5.09. The average Bonchev–Trinajstić information content (AvgIpc) is 3.27. The highest BCUT2D eigenvalue weighted by molar-refractivity contribution is 5.79. The van der Waals surface area contributed by atoms with Gasteiger partial charge in [0.15, 0.2) is 0 Å². The molecule has 132 valence electrons. The minimum absolute atomic E-state index is 0.159. The third-order valence-corrected chi connectivity index (χ3v) is 8.28. The van der Waals surface area contributed by atoms with Gasteiger partial charge in [0.1, 0.15) is 0 Å². The lowest BCUT2D eigenvalue weighted by molar-refractivity contribution is -0.129. The molecule has 1 unspecified atom stereocenters. The van der Waals surface area contributed by atoms with Gasteiger partial charge < -0.3 is 10.1 Å². The van der Waals surface area contributed by atoms with Crippen LogP contribution >= 0.6 is 0 Å². The molecule has 0 aromatic heterocycles. The molecule has 0 aromatic rings. The van der Waals surface area contributed by atoms with Crippen LogP contribution in [0.1, 0.15) is 71.6 Å². The standard InChI is InChI=1S/C21H31NO2/c1-20-9-3-4-14(20)19-15(7-10-20)21(2)11-8-18(23)22-17(21)12-16(19)24-13-5-6-13/h12-16,19H,3-11H2,1-2H3,(H,22,23)/t14-,15+,16?,19-,20-,21+/m0/s1. The summed E-state index contributed by atoms with van der Waals surface area (Å²) < 4.78 is 6.53. The Kier molecular flexibility index (Phi) is 3.27. The van der Waals surface area contributed by atoms with E-state index in [1.165, 1.54) is 50.6 Å². The summed E-state index contributed by atoms with van der Waals surface area (Å²) in [5.74, 6) is 2.35. The summed E-state index contributed by atoms with van der Waals surface area (Å²) in [7, 11) is 0. The Balaban J connectivity index is 1.56. The molecule has 3 saturated carbocycles. The van der Waals surface area contributed by atoms with Gasteiger partial charge in [0, 0.05) is 17.5 Å². The number of hydrogen-bond acceptors (Lipinski definition) is 2. The van der Waals surface area contributed by atoms with Crippen molar-refractivity contribution >= 4 is 5.91 Å². The Hall–Kier alpha value is -0.830. The SMILES string of the molecule is C[C@@]12CCC[C@H]1[C@@H]1C(OC3CC3)C=C3NC(=O)CC[C@]3(C)[C@@H]1CC2. The largest absolute Gasteiger partial charge is 0.371 e. The van der Waals surface area contributed by atoms with Crippen LogP contribution in [-0.2, 0) is 9.53 Å². The summed E-state index contributed by atoms with van der Waals surface area (Å²) in [6, 6.07) is 0. The van der Waals surface area contributed by atoms with Gasteiger partial charge in [0.05, 0.1) is 12.2 Å². The number of hydrogen-bond donors (Lipinski definition) is 1. The van der Waals surface area contributed by atoms with E-state index in [0.717, 1.165) is 12.3 Å². The zero-order valence-electron chi connectivity index (χ0n) is 15.1. The first-order chi connectivity index (χ1) is 11.5. The van der Waals surface area contributed by atoms with E-state index in [9.17, 15) is 4.79 Å². The van der Waals surface area contributed by atoms with Crippen molar-refractivity contribution in [2.24, 2.45) is 28.6 Å². The second-order valence-electron chi connectivity index (χ2n) is 9.72. The molecule has 1 aliphatic heterocycles. The van der Waals surface area contributed by atoms with Crippen LogP contribution in [0.4, 0.5) is 0 Å². The smallest absolute Gasteiger partial charge is 0.224 e. The maximum Gasteiger partial charge on any atom is 0.224 e. The summed E-state index contributed by atoms with van der Waals surface area (Å²) in [5.41, 5.74) is 1.88. The zero-order valence-corrected chi connectivity index (χ0v) is 15.1. The highest BCUT2D eigenvalue weighted by Gasteiger charge is 2.59. The van der Waals surface area contributed by atoms with E-state index in [0.29, 0.717) is 29.8 Å². The van der Waals surface area contributed by atoms with E-state index >= 15 is 0 Å². The molecule has 0 aromatic carbocycles. The minimum Gasteiger partial charge on any atom is -0.371 e. The highest BCUT2D eigenvalue weighted by atomic mass is 16.5. The molecule has 1 heterocycles. The normalized spacial score (nSPS) is 50.4. The third-order valence-electron chi connectivity index (χ3n) is 8.28. The van der Waals surface area contributed by atoms with Crippen LogP contribution in [0.15, 0.2) is 11.8 Å². The minimum atomic E-state index is 0.159. The van der Waals surface area contributed by atoms with Crippen LogP contribution in [0.3, 0.4) is 0 Å². The summed E-state index contributed by atoms with van der Waals surface area (Å²) in [4.78, 5) is 12.0. The van der Waals surface area contributed by atoms with Crippen molar-refractivity contribution in [2.45, 2.75) is 83.8 Å². The number of ether oxygens (including phenoxy) is 1. The van der Waals surface area contributed by atoms with Gasteiger partial charge in [-0.3, -0.25) is 4.79 Å². The molecule has 4 fully saturated rings. The van der Waals surface area contributed by atoms with Gasteiger partial charge >= 0.3 is 0 Å². The van der Waals surface area contributed by atoms with Gasteiger partial charge in [0.25, 0.3) is 0 Å². The number of amides is 1. The Morgan fingerprint density at radius 1 is 1.08 bits per heavy atom. The number of nitrogens with one attached hydrogen (secondary N) is 1. The van der Waals surface area contributed by atoms with Gasteiger partial charge in [-0.05, 0) is 74.2 Å². The lowest BCUT2D eigenvalue weighted by atomic mass is 9.49. The molecule has 1 amide bonds. The maximum atomic E-state index is 12.0. The van der Waals surface area contributed by atoms with Crippen LogP contribution in [0.2, 0.25) is 0 Å². The molecule has 5 rings (SSSR count). The number of fused-ring (bicyclic) bond motifs is 5. The number of carbonyl (C=O) groups is 1. The van der Waals surface area contributed by atoms with Crippen molar-refractivity contribution in [3.63, 3.8) is 0 Å². The number of rotatable bonds is 2. The van der Waals surface area contributed by atoms with Gasteiger partial charge in [-0.1, -0.05) is 20.3 Å². The molecule has 5 aliphatic rings. The zero-order chi connectivity index (χ0) is 16.5. The van der Waals surface area contributed by atoms with Gasteiger partial charge in [-0.2, -0.15) is 0 Å². The predicted octanol–water partition coefficient (Wildman–Crippen LogP) is 4.18. The van der Waals surface area contributed by atoms with Gasteiger partial charge in [-0.25, -0.2) is 0 Å². The number of carbonyl (C=O) groups excluding carboxylic acids is 1. The highest BCUT2D eigenvalue weighted by Crippen LogP contribution is 2.64. The predicted molar refractivity (Wildman–Crippen MR) is 93.1 cm³/mol. The molecule has 4 aliphatic carbocycles. The summed E-state index contributed by atoms with van der Waals surface area (Å²) in [6.07, 6.45) is 14.1. The number of allylic oxidation sites excluding steroid dienone is 1. The average molecular weight is 329 g/mol. The molecule has 0 spiro atoms. The quantitative estimate of drug-likeness (QED) is 0.825. The molecule has 1 N–H and O–H groups in total. The molecule has 3 nitrogen and oxygen atoms in total. The first kappa shape index (κ1) is 15.4. The van der Waals surface area contributed by atoms with Crippen LogP contribution in [0.25, 0.3) is 0 Å². The van der Waals surface area contributed by atoms with E-state index in [2.05, 4.69) is 25.2 Å². The fourth-order valence-electron chi connectivity index (χ4n) is 6.70. The van der Waals surface area contributed by atoms with Gasteiger partial charge in [0.2, 0.25) is 5.91 Å². The van der Waals surface area contributed by atoms with Crippen molar-refractivity contribution in [1.29, 1.82) is 0 Å². The first-order valence-corrected chi connectivity index (χ1v) is 10.2. The lowest BCUT2D eigenvalue weighted by Crippen LogP contribution is -2.56. The third kappa shape index (κ3) is 2.16. The Labute approximate surface area is 145 Å². The molecule has 3 heteroatoms. The lowest BCUT2D eigenvalue weighted by Gasteiger charge is -2.58. The monoisotopic (exact) mass is 329 g/mol. The van der Waals surface area contributed by atoms with E-state index in [1.54, 1.807) is 0 Å². The number of piperidine rings is 1. The maximum absolute atomic E-state index is 12.0. The van der Waals surface area contributed by atoms with E-state index in [4.69, 9.17) is 4.74 Å². The Bertz CT molecular complexity index is 595. The first-order valence-electron chi connectivity index (χ1n) is 10.2. The van der Waals surface area contributed by atoms with E-state index in [-0.39, 0.29) is 17.4 Å². The van der Waals surface area contributed by atoms with Crippen molar-refractivity contribution in [3.8, 4) is 0 Å². The Morgan fingerprint density at radius 3 is 2.71 bits per heavy atom. The van der Waals surface area contributed by atoms with Crippen LogP contribution in [0.5, 0.6) is 0 Å². The van der Waals surface area contributed by atoms with E-state index in [1.807, 2.05) is 0 Å².